The van der Waals surface area contributed by atoms with Crippen LogP contribution in [0.4, 0.5) is 13.2 Å². The van der Waals surface area contributed by atoms with Crippen LogP contribution >= 0.6 is 15.9 Å². The van der Waals surface area contributed by atoms with Crippen molar-refractivity contribution in [3.8, 4) is 0 Å². The van der Waals surface area contributed by atoms with Crippen molar-refractivity contribution in [1.82, 2.24) is 10.2 Å². The molecule has 1 aliphatic heterocycles. The highest BCUT2D eigenvalue weighted by Gasteiger charge is 2.31. The van der Waals surface area contributed by atoms with Gasteiger partial charge in [-0.05, 0) is 30.7 Å². The summed E-state index contributed by atoms with van der Waals surface area (Å²) < 4.78 is 38.8. The van der Waals surface area contributed by atoms with E-state index in [4.69, 9.17) is 0 Å². The van der Waals surface area contributed by atoms with Gasteiger partial charge < -0.3 is 5.32 Å². The Morgan fingerprint density at radius 1 is 1.42 bits per heavy atom. The lowest BCUT2D eigenvalue weighted by atomic mass is 10.1. The number of nitrogens with zero attached hydrogens (tertiary/aromatic N) is 1. The quantitative estimate of drug-likeness (QED) is 0.891. The zero-order valence-electron chi connectivity index (χ0n) is 10.6. The van der Waals surface area contributed by atoms with Crippen LogP contribution in [0.1, 0.15) is 18.1 Å². The third-order valence-corrected chi connectivity index (χ3v) is 3.99. The molecular formula is C13H16BrF3N2. The zero-order chi connectivity index (χ0) is 14.0. The van der Waals surface area contributed by atoms with E-state index in [1.165, 1.54) is 12.1 Å². The van der Waals surface area contributed by atoms with Gasteiger partial charge in [0.2, 0.25) is 0 Å². The molecule has 1 aliphatic rings. The minimum Gasteiger partial charge on any atom is -0.312 e. The third-order valence-electron chi connectivity index (χ3n) is 3.22. The minimum atomic E-state index is -4.29. The van der Waals surface area contributed by atoms with Gasteiger partial charge in [0.1, 0.15) is 0 Å². The van der Waals surface area contributed by atoms with Gasteiger partial charge in [0, 0.05) is 36.7 Å². The van der Waals surface area contributed by atoms with Crippen LogP contribution in [0.25, 0.3) is 0 Å². The van der Waals surface area contributed by atoms with Crippen molar-refractivity contribution in [2.75, 3.05) is 19.6 Å². The first-order valence-electron chi connectivity index (χ1n) is 6.17. The van der Waals surface area contributed by atoms with Gasteiger partial charge >= 0.3 is 6.18 Å². The first-order chi connectivity index (χ1) is 8.86. The molecule has 0 aromatic heterocycles. The molecule has 1 aromatic carbocycles. The summed E-state index contributed by atoms with van der Waals surface area (Å²) in [5.74, 6) is 0. The van der Waals surface area contributed by atoms with Gasteiger partial charge in [0.25, 0.3) is 0 Å². The fourth-order valence-electron chi connectivity index (χ4n) is 2.27. The maximum absolute atomic E-state index is 12.7. The lowest BCUT2D eigenvalue weighted by Gasteiger charge is -2.32. The minimum absolute atomic E-state index is 0.373. The van der Waals surface area contributed by atoms with Crippen molar-refractivity contribution < 1.29 is 13.2 Å². The third kappa shape index (κ3) is 3.94. The van der Waals surface area contributed by atoms with E-state index >= 15 is 0 Å². The normalized spacial score (nSPS) is 21.6. The summed E-state index contributed by atoms with van der Waals surface area (Å²) in [5, 5.41) is 3.31. The van der Waals surface area contributed by atoms with Crippen LogP contribution < -0.4 is 5.32 Å². The summed E-state index contributed by atoms with van der Waals surface area (Å²) in [7, 11) is 0. The molecule has 2 rings (SSSR count). The highest BCUT2D eigenvalue weighted by Crippen LogP contribution is 2.32. The summed E-state index contributed by atoms with van der Waals surface area (Å²) in [6.45, 7) is 5.19. The molecule has 0 bridgehead atoms. The number of piperazine rings is 1. The molecule has 19 heavy (non-hydrogen) atoms. The lowest BCUT2D eigenvalue weighted by molar-refractivity contribution is -0.137. The van der Waals surface area contributed by atoms with Crippen LogP contribution in [0.5, 0.6) is 0 Å². The molecule has 0 unspecified atom stereocenters. The monoisotopic (exact) mass is 336 g/mol. The summed E-state index contributed by atoms with van der Waals surface area (Å²) >= 11 is 3.33. The number of halogens is 4. The molecule has 1 fully saturated rings. The molecule has 0 radical (unpaired) electrons. The van der Waals surface area contributed by atoms with Crippen LogP contribution in [0.2, 0.25) is 0 Å². The Kier molecular flexibility index (Phi) is 4.53. The molecule has 6 heteroatoms. The second-order valence-corrected chi connectivity index (χ2v) is 5.75. The highest BCUT2D eigenvalue weighted by atomic mass is 79.9. The molecule has 1 N–H and O–H groups in total. The summed E-state index contributed by atoms with van der Waals surface area (Å²) in [5.41, 5.74) is 0.0952. The average molecular weight is 337 g/mol. The van der Waals surface area contributed by atoms with Crippen LogP contribution in [-0.2, 0) is 12.7 Å². The van der Waals surface area contributed by atoms with Gasteiger partial charge in [-0.3, -0.25) is 4.90 Å². The van der Waals surface area contributed by atoms with E-state index in [0.29, 0.717) is 18.2 Å². The maximum Gasteiger partial charge on any atom is 0.416 e. The van der Waals surface area contributed by atoms with E-state index in [-0.39, 0.29) is 0 Å². The predicted octanol–water partition coefficient (Wildman–Crippen LogP) is 3.26. The SMILES string of the molecule is C[C@@H]1CN(Cc2cc(C(F)(F)F)ccc2Br)CCN1. The van der Waals surface area contributed by atoms with Gasteiger partial charge in [0.15, 0.2) is 0 Å². The van der Waals surface area contributed by atoms with Crippen LogP contribution in [0, 0.1) is 0 Å². The standard InChI is InChI=1S/C13H16BrF3N2/c1-9-7-19(5-4-18-9)8-10-6-11(13(15,16)17)2-3-12(10)14/h2-3,6,9,18H,4-5,7-8H2,1H3/t9-/m1/s1. The van der Waals surface area contributed by atoms with Gasteiger partial charge in [-0.2, -0.15) is 13.2 Å². The van der Waals surface area contributed by atoms with E-state index in [2.05, 4.69) is 33.1 Å². The Morgan fingerprint density at radius 2 is 2.16 bits per heavy atom. The molecule has 1 atom stereocenters. The van der Waals surface area contributed by atoms with Crippen LogP contribution in [0.15, 0.2) is 22.7 Å². The van der Waals surface area contributed by atoms with Crippen molar-refractivity contribution in [3.05, 3.63) is 33.8 Å². The van der Waals surface area contributed by atoms with Crippen LogP contribution in [0.3, 0.4) is 0 Å². The van der Waals surface area contributed by atoms with Crippen molar-refractivity contribution in [2.24, 2.45) is 0 Å². The molecule has 0 amide bonds. The van der Waals surface area contributed by atoms with Crippen molar-refractivity contribution in [3.63, 3.8) is 0 Å². The second-order valence-electron chi connectivity index (χ2n) is 4.89. The molecule has 1 heterocycles. The number of nitrogens with one attached hydrogen (secondary N) is 1. The molecule has 2 nitrogen and oxygen atoms in total. The number of hydrogen-bond donors (Lipinski definition) is 1. The van der Waals surface area contributed by atoms with E-state index < -0.39 is 11.7 Å². The largest absolute Gasteiger partial charge is 0.416 e. The van der Waals surface area contributed by atoms with Gasteiger partial charge in [-0.25, -0.2) is 0 Å². The number of hydrogen-bond acceptors (Lipinski definition) is 2. The Balaban J connectivity index is 2.15. The number of rotatable bonds is 2. The first kappa shape index (κ1) is 14.8. The van der Waals surface area contributed by atoms with Gasteiger partial charge in [-0.1, -0.05) is 15.9 Å². The number of alkyl halides is 3. The molecule has 0 spiro atoms. The fourth-order valence-corrected chi connectivity index (χ4v) is 2.64. The van der Waals surface area contributed by atoms with Crippen molar-refractivity contribution >= 4 is 15.9 Å². The molecule has 0 aliphatic carbocycles. The van der Waals surface area contributed by atoms with E-state index in [1.807, 2.05) is 0 Å². The molecule has 1 aromatic rings. The summed E-state index contributed by atoms with van der Waals surface area (Å²) in [6.07, 6.45) is -4.29. The zero-order valence-corrected chi connectivity index (χ0v) is 12.2. The van der Waals surface area contributed by atoms with Crippen molar-refractivity contribution in [2.45, 2.75) is 25.7 Å². The summed E-state index contributed by atoms with van der Waals surface area (Å²) in [4.78, 5) is 2.17. The smallest absolute Gasteiger partial charge is 0.312 e. The lowest BCUT2D eigenvalue weighted by Crippen LogP contribution is -2.48. The Hall–Kier alpha value is -0.590. The summed E-state index contributed by atoms with van der Waals surface area (Å²) in [6, 6.07) is 4.19. The van der Waals surface area contributed by atoms with Gasteiger partial charge in [0.05, 0.1) is 5.56 Å². The predicted molar refractivity (Wildman–Crippen MR) is 71.9 cm³/mol. The van der Waals surface area contributed by atoms with E-state index in [0.717, 1.165) is 30.2 Å². The number of benzene rings is 1. The molecular weight excluding hydrogens is 321 g/mol. The first-order valence-corrected chi connectivity index (χ1v) is 6.97. The molecule has 1 saturated heterocycles. The Morgan fingerprint density at radius 3 is 2.79 bits per heavy atom. The van der Waals surface area contributed by atoms with Crippen LogP contribution in [-0.4, -0.2) is 30.6 Å². The van der Waals surface area contributed by atoms with Gasteiger partial charge in [-0.15, -0.1) is 0 Å². The molecule has 106 valence electrons. The average Bonchev–Trinajstić information content (AvgIpc) is 2.30. The highest BCUT2D eigenvalue weighted by molar-refractivity contribution is 9.10. The maximum atomic E-state index is 12.7. The molecule has 0 saturated carbocycles. The Bertz CT molecular complexity index is 448. The second kappa shape index (κ2) is 5.81. The topological polar surface area (TPSA) is 15.3 Å². The Labute approximate surface area is 119 Å². The van der Waals surface area contributed by atoms with Crippen molar-refractivity contribution in [1.29, 1.82) is 0 Å². The van der Waals surface area contributed by atoms with E-state index in [1.54, 1.807) is 0 Å². The fraction of sp³-hybridized carbons (Fsp3) is 0.538. The van der Waals surface area contributed by atoms with E-state index in [9.17, 15) is 13.2 Å².